The van der Waals surface area contributed by atoms with Crippen molar-refractivity contribution in [2.45, 2.75) is 26.2 Å². The van der Waals surface area contributed by atoms with Crippen molar-refractivity contribution in [3.8, 4) is 0 Å². The molecule has 0 spiro atoms. The van der Waals surface area contributed by atoms with Gasteiger partial charge in [-0.2, -0.15) is 0 Å². The molecule has 1 aromatic rings. The summed E-state index contributed by atoms with van der Waals surface area (Å²) in [6.07, 6.45) is 2.20. The van der Waals surface area contributed by atoms with Crippen LogP contribution in [0.1, 0.15) is 24.5 Å². The lowest BCUT2D eigenvalue weighted by Crippen LogP contribution is -2.04. The summed E-state index contributed by atoms with van der Waals surface area (Å²) in [5.74, 6) is -0.0930. The van der Waals surface area contributed by atoms with E-state index in [-0.39, 0.29) is 12.4 Å². The van der Waals surface area contributed by atoms with Crippen LogP contribution >= 0.6 is 0 Å². The Bertz CT molecular complexity index is 288. The maximum atomic E-state index is 10.9. The van der Waals surface area contributed by atoms with Crippen molar-refractivity contribution in [1.82, 2.24) is 0 Å². The summed E-state index contributed by atoms with van der Waals surface area (Å²) >= 11 is 0. The van der Waals surface area contributed by atoms with Crippen molar-refractivity contribution in [1.29, 1.82) is 0 Å². The van der Waals surface area contributed by atoms with Crippen LogP contribution in [0, 0.1) is 0 Å². The number of carbonyl (C=O) groups is 1. The van der Waals surface area contributed by atoms with Gasteiger partial charge in [0.2, 0.25) is 0 Å². The Morgan fingerprint density at radius 3 is 2.29 bits per heavy atom. The fraction of sp³-hybridized carbons (Fsp3) is 0.417. The first-order chi connectivity index (χ1) is 6.76. The number of ketones is 1. The number of carbonyl (C=O) groups excluding carboxylic acids is 1. The molecule has 1 N–H and O–H groups in total. The van der Waals surface area contributed by atoms with Crippen molar-refractivity contribution in [3.05, 3.63) is 35.4 Å². The molecular weight excluding hydrogens is 176 g/mol. The SMILES string of the molecule is CCc1ccc(CCC(=O)CO)cc1. The van der Waals surface area contributed by atoms with Gasteiger partial charge in [-0.3, -0.25) is 4.79 Å². The number of benzene rings is 1. The summed E-state index contributed by atoms with van der Waals surface area (Å²) in [5, 5.41) is 8.55. The van der Waals surface area contributed by atoms with Gasteiger partial charge in [0, 0.05) is 6.42 Å². The van der Waals surface area contributed by atoms with Gasteiger partial charge in [-0.15, -0.1) is 0 Å². The minimum Gasteiger partial charge on any atom is -0.389 e. The minimum atomic E-state index is -0.340. The fourth-order valence-corrected chi connectivity index (χ4v) is 1.30. The second kappa shape index (κ2) is 5.55. The molecule has 0 saturated carbocycles. The monoisotopic (exact) mass is 192 g/mol. The molecule has 0 atom stereocenters. The highest BCUT2D eigenvalue weighted by molar-refractivity contribution is 5.79. The van der Waals surface area contributed by atoms with Crippen LogP contribution in [0.4, 0.5) is 0 Å². The Labute approximate surface area is 84.6 Å². The van der Waals surface area contributed by atoms with Crippen LogP contribution in [0.2, 0.25) is 0 Å². The molecule has 0 aliphatic carbocycles. The zero-order chi connectivity index (χ0) is 10.4. The molecule has 1 aromatic carbocycles. The highest BCUT2D eigenvalue weighted by atomic mass is 16.3. The molecule has 1 rings (SSSR count). The molecule has 0 heterocycles. The van der Waals surface area contributed by atoms with Gasteiger partial charge in [-0.1, -0.05) is 31.2 Å². The van der Waals surface area contributed by atoms with Crippen LogP contribution in [0.5, 0.6) is 0 Å². The van der Waals surface area contributed by atoms with Crippen molar-refractivity contribution >= 4 is 5.78 Å². The van der Waals surface area contributed by atoms with Crippen molar-refractivity contribution < 1.29 is 9.90 Å². The Morgan fingerprint density at radius 2 is 1.79 bits per heavy atom. The highest BCUT2D eigenvalue weighted by Crippen LogP contribution is 2.07. The van der Waals surface area contributed by atoms with Crippen LogP contribution in [0.25, 0.3) is 0 Å². The van der Waals surface area contributed by atoms with Gasteiger partial charge >= 0.3 is 0 Å². The van der Waals surface area contributed by atoms with E-state index < -0.39 is 0 Å². The topological polar surface area (TPSA) is 37.3 Å². The standard InChI is InChI=1S/C12H16O2/c1-2-10-3-5-11(6-4-10)7-8-12(14)9-13/h3-6,13H,2,7-9H2,1H3. The lowest BCUT2D eigenvalue weighted by Gasteiger charge is -2.01. The molecule has 14 heavy (non-hydrogen) atoms. The molecule has 0 radical (unpaired) electrons. The number of aliphatic hydroxyl groups is 1. The van der Waals surface area contributed by atoms with Gasteiger partial charge in [0.25, 0.3) is 0 Å². The zero-order valence-corrected chi connectivity index (χ0v) is 8.49. The molecule has 0 aliphatic rings. The maximum Gasteiger partial charge on any atom is 0.158 e. The van der Waals surface area contributed by atoms with Crippen molar-refractivity contribution in [2.75, 3.05) is 6.61 Å². The van der Waals surface area contributed by atoms with E-state index in [1.807, 2.05) is 12.1 Å². The molecule has 0 aromatic heterocycles. The molecule has 0 saturated heterocycles. The van der Waals surface area contributed by atoms with Gasteiger partial charge in [0.1, 0.15) is 6.61 Å². The lowest BCUT2D eigenvalue weighted by molar-refractivity contribution is -0.121. The molecule has 2 nitrogen and oxygen atoms in total. The largest absolute Gasteiger partial charge is 0.389 e. The van der Waals surface area contributed by atoms with Crippen LogP contribution in [-0.4, -0.2) is 17.5 Å². The third-order valence-corrected chi connectivity index (χ3v) is 2.30. The first-order valence-electron chi connectivity index (χ1n) is 4.96. The molecule has 2 heteroatoms. The number of rotatable bonds is 5. The average molecular weight is 192 g/mol. The number of aliphatic hydroxyl groups excluding tert-OH is 1. The third kappa shape index (κ3) is 3.30. The predicted octanol–water partition coefficient (Wildman–Crippen LogP) is 1.74. The van der Waals surface area contributed by atoms with E-state index in [9.17, 15) is 4.79 Å². The van der Waals surface area contributed by atoms with E-state index in [0.717, 1.165) is 18.4 Å². The lowest BCUT2D eigenvalue weighted by atomic mass is 10.0. The smallest absolute Gasteiger partial charge is 0.158 e. The second-order valence-electron chi connectivity index (χ2n) is 3.37. The molecule has 0 fully saturated rings. The van der Waals surface area contributed by atoms with Gasteiger partial charge in [0.05, 0.1) is 0 Å². The summed E-state index contributed by atoms with van der Waals surface area (Å²) in [6.45, 7) is 1.78. The number of aryl methyl sites for hydroxylation is 2. The predicted molar refractivity (Wildman–Crippen MR) is 56.2 cm³/mol. The van der Waals surface area contributed by atoms with Gasteiger partial charge in [-0.05, 0) is 24.0 Å². The maximum absolute atomic E-state index is 10.9. The van der Waals surface area contributed by atoms with E-state index in [1.54, 1.807) is 0 Å². The Balaban J connectivity index is 2.47. The first-order valence-corrected chi connectivity index (χ1v) is 4.96. The second-order valence-corrected chi connectivity index (χ2v) is 3.37. The van der Waals surface area contributed by atoms with Gasteiger partial charge in [0.15, 0.2) is 5.78 Å². The molecule has 0 amide bonds. The van der Waals surface area contributed by atoms with E-state index in [2.05, 4.69) is 19.1 Å². The summed E-state index contributed by atoms with van der Waals surface area (Å²) in [6, 6.07) is 8.25. The average Bonchev–Trinajstić information content (AvgIpc) is 2.26. The van der Waals surface area contributed by atoms with E-state index in [4.69, 9.17) is 5.11 Å². The van der Waals surface area contributed by atoms with E-state index >= 15 is 0 Å². The Hall–Kier alpha value is -1.15. The van der Waals surface area contributed by atoms with Crippen molar-refractivity contribution in [3.63, 3.8) is 0 Å². The molecular formula is C12H16O2. The first kappa shape index (κ1) is 10.9. The summed E-state index contributed by atoms with van der Waals surface area (Å²) in [4.78, 5) is 10.9. The van der Waals surface area contributed by atoms with E-state index in [0.29, 0.717) is 6.42 Å². The normalized spacial score (nSPS) is 10.1. The fourth-order valence-electron chi connectivity index (χ4n) is 1.30. The van der Waals surface area contributed by atoms with Crippen LogP contribution < -0.4 is 0 Å². The molecule has 0 aliphatic heterocycles. The number of hydrogen-bond acceptors (Lipinski definition) is 2. The quantitative estimate of drug-likeness (QED) is 0.771. The summed E-state index contributed by atoms with van der Waals surface area (Å²) in [7, 11) is 0. The van der Waals surface area contributed by atoms with E-state index in [1.165, 1.54) is 5.56 Å². The van der Waals surface area contributed by atoms with Gasteiger partial charge < -0.3 is 5.11 Å². The van der Waals surface area contributed by atoms with Crippen LogP contribution in [0.15, 0.2) is 24.3 Å². The Morgan fingerprint density at radius 1 is 1.21 bits per heavy atom. The number of Topliss-reactive ketones (excluding diaryl/α,β-unsaturated/α-hetero) is 1. The van der Waals surface area contributed by atoms with Crippen molar-refractivity contribution in [2.24, 2.45) is 0 Å². The minimum absolute atomic E-state index is 0.0930. The molecule has 76 valence electrons. The molecule has 0 bridgehead atoms. The summed E-state index contributed by atoms with van der Waals surface area (Å²) in [5.41, 5.74) is 2.46. The highest BCUT2D eigenvalue weighted by Gasteiger charge is 2.00. The zero-order valence-electron chi connectivity index (χ0n) is 8.49. The molecule has 0 unspecified atom stereocenters. The number of hydrogen-bond donors (Lipinski definition) is 1. The Kier molecular flexibility index (Phi) is 4.33. The summed E-state index contributed by atoms with van der Waals surface area (Å²) < 4.78 is 0. The van der Waals surface area contributed by atoms with Crippen LogP contribution in [0.3, 0.4) is 0 Å². The van der Waals surface area contributed by atoms with Gasteiger partial charge in [-0.25, -0.2) is 0 Å². The third-order valence-electron chi connectivity index (χ3n) is 2.30. The van der Waals surface area contributed by atoms with Crippen LogP contribution in [-0.2, 0) is 17.6 Å².